The highest BCUT2D eigenvalue weighted by Crippen LogP contribution is 2.44. The van der Waals surface area contributed by atoms with Crippen LogP contribution in [0.3, 0.4) is 0 Å². The lowest BCUT2D eigenvalue weighted by molar-refractivity contribution is -0.286. The summed E-state index contributed by atoms with van der Waals surface area (Å²) in [7, 11) is -4.08. The highest BCUT2D eigenvalue weighted by Gasteiger charge is 2.43. The number of aromatic nitrogens is 4. The van der Waals surface area contributed by atoms with Crippen LogP contribution < -0.4 is 9.47 Å². The van der Waals surface area contributed by atoms with Crippen molar-refractivity contribution in [1.82, 2.24) is 23.6 Å². The van der Waals surface area contributed by atoms with Crippen molar-refractivity contribution >= 4 is 27.1 Å². The average molecular weight is 678 g/mol. The molecule has 0 spiro atoms. The average Bonchev–Trinajstić information content (AvgIpc) is 3.74. The van der Waals surface area contributed by atoms with Gasteiger partial charge in [0.25, 0.3) is 10.0 Å². The van der Waals surface area contributed by atoms with E-state index < -0.39 is 21.9 Å². The summed E-state index contributed by atoms with van der Waals surface area (Å²) in [6.07, 6.45) is 3.91. The third-order valence-corrected chi connectivity index (χ3v) is 9.99. The second kappa shape index (κ2) is 11.3. The van der Waals surface area contributed by atoms with E-state index in [2.05, 4.69) is 19.6 Å². The van der Waals surface area contributed by atoms with Crippen molar-refractivity contribution < 1.29 is 36.2 Å². The van der Waals surface area contributed by atoms with Crippen LogP contribution in [0.2, 0.25) is 0 Å². The summed E-state index contributed by atoms with van der Waals surface area (Å²) < 4.78 is 73.1. The number of likely N-dealkylation sites (tertiary alicyclic amines) is 1. The van der Waals surface area contributed by atoms with Crippen molar-refractivity contribution in [3.05, 3.63) is 78.9 Å². The van der Waals surface area contributed by atoms with E-state index in [1.54, 1.807) is 35.5 Å². The van der Waals surface area contributed by atoms with Gasteiger partial charge in [-0.15, -0.1) is 8.78 Å². The maximum absolute atomic E-state index is 13.9. The molecule has 0 aliphatic carbocycles. The van der Waals surface area contributed by atoms with E-state index in [9.17, 15) is 22.0 Å². The van der Waals surface area contributed by atoms with E-state index in [0.717, 1.165) is 15.1 Å². The molecule has 1 fully saturated rings. The van der Waals surface area contributed by atoms with Crippen molar-refractivity contribution in [3.8, 4) is 33.8 Å². The van der Waals surface area contributed by atoms with Crippen LogP contribution in [-0.4, -0.2) is 63.1 Å². The number of amides is 1. The maximum atomic E-state index is 13.9. The molecule has 0 radical (unpaired) electrons. The number of aryl methyl sites for hydroxylation is 1. The van der Waals surface area contributed by atoms with Gasteiger partial charge in [0.2, 0.25) is 0 Å². The summed E-state index contributed by atoms with van der Waals surface area (Å²) >= 11 is 0. The predicted molar refractivity (Wildman–Crippen MR) is 172 cm³/mol. The van der Waals surface area contributed by atoms with Crippen LogP contribution >= 0.6 is 0 Å². The Hall–Kier alpha value is -4.98. The molecule has 2 aromatic carbocycles. The van der Waals surface area contributed by atoms with Gasteiger partial charge < -0.3 is 19.1 Å². The molecule has 3 aromatic heterocycles. The summed E-state index contributed by atoms with van der Waals surface area (Å²) in [5, 5.41) is 5.08. The second-order valence-corrected chi connectivity index (χ2v) is 14.8. The van der Waals surface area contributed by atoms with Crippen molar-refractivity contribution in [2.45, 2.75) is 63.4 Å². The largest absolute Gasteiger partial charge is 0.586 e. The van der Waals surface area contributed by atoms with E-state index in [-0.39, 0.29) is 34.2 Å². The van der Waals surface area contributed by atoms with Crippen molar-refractivity contribution in [2.24, 2.45) is 0 Å². The molecule has 0 saturated carbocycles. The Morgan fingerprint density at radius 3 is 2.35 bits per heavy atom. The number of pyridine rings is 1. The van der Waals surface area contributed by atoms with Crippen LogP contribution in [0.1, 0.15) is 45.2 Å². The summed E-state index contributed by atoms with van der Waals surface area (Å²) in [6.45, 7) is 8.46. The number of nitrogens with zero attached hydrogens (tertiary/aromatic N) is 5. The number of fused-ring (bicyclic) bond motifs is 2. The number of carbonyl (C=O) groups excluding carboxylic acids is 1. The first-order chi connectivity index (χ1) is 22.7. The lowest BCUT2D eigenvalue weighted by atomic mass is 10.0. The first kappa shape index (κ1) is 31.6. The third kappa shape index (κ3) is 5.96. The zero-order valence-corrected chi connectivity index (χ0v) is 27.5. The molecule has 0 atom stereocenters. The zero-order valence-electron chi connectivity index (χ0n) is 26.7. The number of alkyl halides is 2. The molecular formula is C34H33F2N5O6S. The van der Waals surface area contributed by atoms with Gasteiger partial charge in [-0.25, -0.2) is 22.2 Å². The quantitative estimate of drug-likeness (QED) is 0.195. The first-order valence-electron chi connectivity index (χ1n) is 15.4. The SMILES string of the molecule is Cc1ccc(S(=O)(=O)n2cc(-c3ccc4c(c3)OC(F)(F)O4)c3cc(-c4cnn(C5CCN(C(=O)OC(C)(C)C)CC5)c4)cnc32)cc1. The number of hydrogen-bond acceptors (Lipinski definition) is 8. The summed E-state index contributed by atoms with van der Waals surface area (Å²) in [5.74, 6) is -0.286. The lowest BCUT2D eigenvalue weighted by Crippen LogP contribution is -2.42. The molecule has 0 unspecified atom stereocenters. The fraction of sp³-hybridized carbons (Fsp3) is 0.324. The smallest absolute Gasteiger partial charge is 0.444 e. The molecule has 48 heavy (non-hydrogen) atoms. The van der Waals surface area contributed by atoms with Crippen LogP contribution in [0.5, 0.6) is 11.5 Å². The van der Waals surface area contributed by atoms with E-state index in [1.807, 2.05) is 44.6 Å². The van der Waals surface area contributed by atoms with Crippen LogP contribution in [0, 0.1) is 6.92 Å². The summed E-state index contributed by atoms with van der Waals surface area (Å²) in [5.41, 5.74) is 2.81. The van der Waals surface area contributed by atoms with E-state index in [0.29, 0.717) is 48.0 Å². The molecule has 1 saturated heterocycles. The van der Waals surface area contributed by atoms with Crippen LogP contribution in [0.25, 0.3) is 33.3 Å². The number of ether oxygens (including phenoxy) is 3. The standard InChI is InChI=1S/C34H33F2N5O6S/c1-21-5-8-26(9-6-21)48(43,44)41-20-28(22-7-10-29-30(16-22)46-34(35,36)45-29)27-15-23(17-37-31(27)41)24-18-38-40(19-24)25-11-13-39(14-12-25)32(42)47-33(2,3)4/h5-10,15-20,25H,11-14H2,1-4H3. The molecule has 5 heterocycles. The number of halogens is 2. The Kier molecular flexibility index (Phi) is 7.46. The van der Waals surface area contributed by atoms with E-state index in [4.69, 9.17) is 4.74 Å². The number of carbonyl (C=O) groups is 1. The molecule has 0 N–H and O–H groups in total. The highest BCUT2D eigenvalue weighted by molar-refractivity contribution is 7.90. The number of benzene rings is 2. The molecule has 11 nitrogen and oxygen atoms in total. The van der Waals surface area contributed by atoms with Gasteiger partial charge >= 0.3 is 12.4 Å². The van der Waals surface area contributed by atoms with Gasteiger partial charge in [0.05, 0.1) is 17.1 Å². The van der Waals surface area contributed by atoms with Crippen LogP contribution in [0.4, 0.5) is 13.6 Å². The fourth-order valence-electron chi connectivity index (χ4n) is 5.92. The Labute approximate surface area is 275 Å². The van der Waals surface area contributed by atoms with Gasteiger partial charge in [-0.2, -0.15) is 5.10 Å². The van der Waals surface area contributed by atoms with E-state index >= 15 is 0 Å². The van der Waals surface area contributed by atoms with Gasteiger partial charge in [-0.3, -0.25) is 4.68 Å². The lowest BCUT2D eigenvalue weighted by Gasteiger charge is -2.33. The zero-order chi connectivity index (χ0) is 34.0. The Bertz CT molecular complexity index is 2150. The fourth-order valence-corrected chi connectivity index (χ4v) is 7.24. The molecule has 1 amide bonds. The first-order valence-corrected chi connectivity index (χ1v) is 16.9. The Morgan fingerprint density at radius 2 is 1.65 bits per heavy atom. The molecule has 5 aromatic rings. The van der Waals surface area contributed by atoms with Crippen molar-refractivity contribution in [2.75, 3.05) is 13.1 Å². The predicted octanol–water partition coefficient (Wildman–Crippen LogP) is 7.01. The van der Waals surface area contributed by atoms with Gasteiger partial charge in [-0.1, -0.05) is 23.8 Å². The maximum Gasteiger partial charge on any atom is 0.586 e. The number of piperidine rings is 1. The molecule has 7 rings (SSSR count). The summed E-state index contributed by atoms with van der Waals surface area (Å²) in [4.78, 5) is 18.9. The Balaban J connectivity index is 1.23. The van der Waals surface area contributed by atoms with Crippen LogP contribution in [-0.2, 0) is 14.8 Å². The van der Waals surface area contributed by atoms with Gasteiger partial charge in [0, 0.05) is 53.8 Å². The van der Waals surface area contributed by atoms with E-state index in [1.165, 1.54) is 30.5 Å². The molecular weight excluding hydrogens is 644 g/mol. The van der Waals surface area contributed by atoms with Crippen LogP contribution in [0.15, 0.2) is 78.2 Å². The molecule has 14 heteroatoms. The third-order valence-electron chi connectivity index (χ3n) is 8.33. The minimum Gasteiger partial charge on any atom is -0.444 e. The van der Waals surface area contributed by atoms with Crippen molar-refractivity contribution in [3.63, 3.8) is 0 Å². The monoisotopic (exact) mass is 677 g/mol. The molecule has 2 aliphatic heterocycles. The second-order valence-electron chi connectivity index (χ2n) is 13.0. The molecule has 250 valence electrons. The normalized spacial score (nSPS) is 16.4. The minimum absolute atomic E-state index is 0.0668. The topological polar surface area (TPSA) is 118 Å². The number of rotatable bonds is 5. The van der Waals surface area contributed by atoms with Gasteiger partial charge in [0.15, 0.2) is 17.1 Å². The minimum atomic E-state index is -4.08. The van der Waals surface area contributed by atoms with Gasteiger partial charge in [-0.05, 0) is 76.4 Å². The Morgan fingerprint density at radius 1 is 0.938 bits per heavy atom. The highest BCUT2D eigenvalue weighted by atomic mass is 32.2. The molecule has 0 bridgehead atoms. The molecule has 2 aliphatic rings. The summed E-state index contributed by atoms with van der Waals surface area (Å²) in [6, 6.07) is 12.7. The van der Waals surface area contributed by atoms with Crippen molar-refractivity contribution in [1.29, 1.82) is 0 Å². The number of hydrogen-bond donors (Lipinski definition) is 0. The van der Waals surface area contributed by atoms with Gasteiger partial charge in [0.1, 0.15) is 5.60 Å².